The molecule has 2 aromatic rings. The van der Waals surface area contributed by atoms with E-state index in [1.54, 1.807) is 48.5 Å². The number of aliphatic hydroxyl groups is 1. The Bertz CT molecular complexity index is 674. The number of nitrogens with one attached hydrogen (secondary N) is 1. The van der Waals surface area contributed by atoms with Crippen molar-refractivity contribution in [2.75, 3.05) is 7.11 Å². The molecule has 2 rings (SSSR count). The molecule has 5 nitrogen and oxygen atoms in total. The average Bonchev–Trinajstić information content (AvgIpc) is 2.55. The van der Waals surface area contributed by atoms with Crippen molar-refractivity contribution in [3.63, 3.8) is 0 Å². The number of hydrazone groups is 1. The third-order valence-electron chi connectivity index (χ3n) is 2.93. The van der Waals surface area contributed by atoms with Crippen LogP contribution in [-0.2, 0) is 4.79 Å². The number of halogens is 1. The molecule has 0 aliphatic rings. The van der Waals surface area contributed by atoms with Gasteiger partial charge in [0.05, 0.1) is 18.3 Å². The number of carbonyl (C=O) groups is 1. The molecule has 22 heavy (non-hydrogen) atoms. The number of carbonyl (C=O) groups excluding carboxylic acids is 1. The molecule has 0 saturated heterocycles. The summed E-state index contributed by atoms with van der Waals surface area (Å²) in [6, 6.07) is 13.7. The summed E-state index contributed by atoms with van der Waals surface area (Å²) >= 11 is 5.99. The van der Waals surface area contributed by atoms with Gasteiger partial charge in [-0.1, -0.05) is 41.9 Å². The van der Waals surface area contributed by atoms with Gasteiger partial charge in [0.1, 0.15) is 5.75 Å². The van der Waals surface area contributed by atoms with Crippen LogP contribution in [0.5, 0.6) is 5.75 Å². The van der Waals surface area contributed by atoms with Crippen LogP contribution in [0.3, 0.4) is 0 Å². The Kier molecular flexibility index (Phi) is 5.52. The zero-order valence-electron chi connectivity index (χ0n) is 11.9. The Labute approximate surface area is 133 Å². The molecule has 0 radical (unpaired) electrons. The van der Waals surface area contributed by atoms with Gasteiger partial charge < -0.3 is 9.84 Å². The lowest BCUT2D eigenvalue weighted by molar-refractivity contribution is -0.129. The summed E-state index contributed by atoms with van der Waals surface area (Å²) in [7, 11) is 1.53. The quantitative estimate of drug-likeness (QED) is 0.657. The Morgan fingerprint density at radius 2 is 2.05 bits per heavy atom. The molecule has 0 aliphatic carbocycles. The smallest absolute Gasteiger partial charge is 0.273 e. The first-order valence-electron chi connectivity index (χ1n) is 6.51. The van der Waals surface area contributed by atoms with Crippen molar-refractivity contribution in [1.82, 2.24) is 5.43 Å². The molecule has 2 N–H and O–H groups in total. The molecule has 0 bridgehead atoms. The van der Waals surface area contributed by atoms with Gasteiger partial charge in [0.2, 0.25) is 0 Å². The van der Waals surface area contributed by atoms with Gasteiger partial charge in [0, 0.05) is 0 Å². The van der Waals surface area contributed by atoms with Crippen molar-refractivity contribution in [2.24, 2.45) is 5.10 Å². The van der Waals surface area contributed by atoms with Crippen LogP contribution in [0.15, 0.2) is 53.6 Å². The summed E-state index contributed by atoms with van der Waals surface area (Å²) in [6.45, 7) is 0. The highest BCUT2D eigenvalue weighted by Crippen LogP contribution is 2.24. The van der Waals surface area contributed by atoms with Crippen LogP contribution in [0.4, 0.5) is 0 Å². The van der Waals surface area contributed by atoms with Crippen molar-refractivity contribution in [3.8, 4) is 5.75 Å². The molecular formula is C16H15ClN2O3. The van der Waals surface area contributed by atoms with Gasteiger partial charge in [-0.25, -0.2) is 5.43 Å². The second kappa shape index (κ2) is 7.59. The minimum Gasteiger partial charge on any atom is -0.495 e. The van der Waals surface area contributed by atoms with E-state index in [1.165, 1.54) is 13.3 Å². The van der Waals surface area contributed by atoms with Crippen molar-refractivity contribution in [1.29, 1.82) is 0 Å². The molecule has 0 aromatic heterocycles. The molecule has 0 saturated carbocycles. The number of nitrogens with zero attached hydrogens (tertiary/aromatic N) is 1. The van der Waals surface area contributed by atoms with Crippen LogP contribution < -0.4 is 10.2 Å². The molecule has 0 aliphatic heterocycles. The topological polar surface area (TPSA) is 70.9 Å². The summed E-state index contributed by atoms with van der Waals surface area (Å²) in [4.78, 5) is 11.8. The van der Waals surface area contributed by atoms with E-state index in [0.717, 1.165) is 0 Å². The van der Waals surface area contributed by atoms with Crippen LogP contribution in [0.25, 0.3) is 0 Å². The highest BCUT2D eigenvalue weighted by Gasteiger charge is 2.15. The molecule has 0 spiro atoms. The van der Waals surface area contributed by atoms with Crippen LogP contribution in [0.2, 0.25) is 5.02 Å². The molecule has 1 amide bonds. The summed E-state index contributed by atoms with van der Waals surface area (Å²) < 4.78 is 5.04. The number of amides is 1. The highest BCUT2D eigenvalue weighted by molar-refractivity contribution is 6.32. The van der Waals surface area contributed by atoms with Gasteiger partial charge >= 0.3 is 0 Å². The fourth-order valence-electron chi connectivity index (χ4n) is 1.78. The molecule has 0 heterocycles. The maximum absolute atomic E-state index is 11.8. The van der Waals surface area contributed by atoms with E-state index in [9.17, 15) is 9.90 Å². The van der Waals surface area contributed by atoms with Gasteiger partial charge in [-0.3, -0.25) is 4.79 Å². The van der Waals surface area contributed by atoms with Gasteiger partial charge in [-0.05, 0) is 29.3 Å². The van der Waals surface area contributed by atoms with Gasteiger partial charge in [-0.15, -0.1) is 0 Å². The van der Waals surface area contributed by atoms with E-state index in [-0.39, 0.29) is 0 Å². The summed E-state index contributed by atoms with van der Waals surface area (Å²) in [5.41, 5.74) is 3.48. The van der Waals surface area contributed by atoms with Crippen molar-refractivity contribution in [3.05, 3.63) is 64.7 Å². The Balaban J connectivity index is 1.97. The Morgan fingerprint density at radius 1 is 1.32 bits per heavy atom. The molecule has 0 unspecified atom stereocenters. The highest BCUT2D eigenvalue weighted by atomic mass is 35.5. The van der Waals surface area contributed by atoms with E-state index >= 15 is 0 Å². The molecule has 114 valence electrons. The Hall–Kier alpha value is -2.37. The summed E-state index contributed by atoms with van der Waals surface area (Å²) in [6.07, 6.45) is 0.166. The minimum atomic E-state index is -1.27. The average molecular weight is 319 g/mol. The number of hydrogen-bond acceptors (Lipinski definition) is 4. The van der Waals surface area contributed by atoms with E-state index < -0.39 is 12.0 Å². The third-order valence-corrected chi connectivity index (χ3v) is 3.22. The van der Waals surface area contributed by atoms with E-state index in [0.29, 0.717) is 21.9 Å². The first-order valence-corrected chi connectivity index (χ1v) is 6.89. The van der Waals surface area contributed by atoms with Crippen molar-refractivity contribution >= 4 is 23.7 Å². The van der Waals surface area contributed by atoms with E-state index in [1.807, 2.05) is 0 Å². The number of rotatable bonds is 5. The minimum absolute atomic E-state index is 0.446. The Morgan fingerprint density at radius 3 is 2.68 bits per heavy atom. The normalized spacial score (nSPS) is 12.1. The summed E-state index contributed by atoms with van der Waals surface area (Å²) in [5, 5.41) is 14.1. The molecule has 0 fully saturated rings. The monoisotopic (exact) mass is 318 g/mol. The zero-order valence-corrected chi connectivity index (χ0v) is 12.6. The second-order valence-electron chi connectivity index (χ2n) is 4.44. The molecule has 6 heteroatoms. The SMILES string of the molecule is COc1ccc(/C=N\NC(=O)[C@H](O)c2ccccc2)cc1Cl. The van der Waals surface area contributed by atoms with Gasteiger partial charge in [0.15, 0.2) is 6.10 Å². The molecule has 2 aromatic carbocycles. The van der Waals surface area contributed by atoms with Crippen LogP contribution in [0.1, 0.15) is 17.2 Å². The van der Waals surface area contributed by atoms with Crippen LogP contribution >= 0.6 is 11.6 Å². The molecular weight excluding hydrogens is 304 g/mol. The summed E-state index contributed by atoms with van der Waals surface area (Å²) in [5.74, 6) is -0.0515. The first kappa shape index (κ1) is 16.0. The number of benzene rings is 2. The van der Waals surface area contributed by atoms with E-state index in [4.69, 9.17) is 16.3 Å². The van der Waals surface area contributed by atoms with Crippen LogP contribution in [0, 0.1) is 0 Å². The fourth-order valence-corrected chi connectivity index (χ4v) is 2.05. The largest absolute Gasteiger partial charge is 0.495 e. The maximum Gasteiger partial charge on any atom is 0.273 e. The number of hydrogen-bond donors (Lipinski definition) is 2. The lowest BCUT2D eigenvalue weighted by atomic mass is 10.1. The lowest BCUT2D eigenvalue weighted by Crippen LogP contribution is -2.25. The zero-order chi connectivity index (χ0) is 15.9. The number of methoxy groups -OCH3 is 1. The van der Waals surface area contributed by atoms with Crippen molar-refractivity contribution < 1.29 is 14.6 Å². The predicted octanol–water partition coefficient (Wildman–Crippen LogP) is 2.53. The second-order valence-corrected chi connectivity index (χ2v) is 4.85. The van der Waals surface area contributed by atoms with Crippen LogP contribution in [-0.4, -0.2) is 24.3 Å². The lowest BCUT2D eigenvalue weighted by Gasteiger charge is -2.08. The number of ether oxygens (including phenoxy) is 1. The predicted molar refractivity (Wildman–Crippen MR) is 85.1 cm³/mol. The fraction of sp³-hybridized carbons (Fsp3) is 0.125. The van der Waals surface area contributed by atoms with Gasteiger partial charge in [-0.2, -0.15) is 5.10 Å². The van der Waals surface area contributed by atoms with E-state index in [2.05, 4.69) is 10.5 Å². The maximum atomic E-state index is 11.8. The number of aliphatic hydroxyl groups excluding tert-OH is 1. The molecule has 1 atom stereocenters. The first-order chi connectivity index (χ1) is 10.6. The van der Waals surface area contributed by atoms with Gasteiger partial charge in [0.25, 0.3) is 5.91 Å². The van der Waals surface area contributed by atoms with Crippen molar-refractivity contribution in [2.45, 2.75) is 6.10 Å². The standard InChI is InChI=1S/C16H15ClN2O3/c1-22-14-8-7-11(9-13(14)17)10-18-19-16(21)15(20)12-5-3-2-4-6-12/h2-10,15,20H,1H3,(H,19,21)/b18-10-/t15-/m1/s1. The third kappa shape index (κ3) is 4.07.